The van der Waals surface area contributed by atoms with Crippen LogP contribution in [-0.4, -0.2) is 22.8 Å². The van der Waals surface area contributed by atoms with E-state index >= 15 is 0 Å². The fraction of sp³-hybridized carbons (Fsp3) is 0.143. The van der Waals surface area contributed by atoms with Gasteiger partial charge < -0.3 is 14.4 Å². The second kappa shape index (κ2) is 5.92. The lowest BCUT2D eigenvalue weighted by atomic mass is 10.1. The minimum absolute atomic E-state index is 0.139. The van der Waals surface area contributed by atoms with Crippen molar-refractivity contribution in [3.63, 3.8) is 0 Å². The minimum Gasteiger partial charge on any atom is -0.488 e. The fourth-order valence-corrected chi connectivity index (χ4v) is 2.09. The van der Waals surface area contributed by atoms with E-state index in [2.05, 4.69) is 27.7 Å². The van der Waals surface area contributed by atoms with Gasteiger partial charge in [0.15, 0.2) is 11.5 Å². The molecule has 0 spiro atoms. The van der Waals surface area contributed by atoms with Gasteiger partial charge in [-0.2, -0.15) is 0 Å². The summed E-state index contributed by atoms with van der Waals surface area (Å²) in [5.41, 5.74) is 1.43. The van der Waals surface area contributed by atoms with E-state index < -0.39 is 5.97 Å². The maximum atomic E-state index is 10.8. The van der Waals surface area contributed by atoms with E-state index in [9.17, 15) is 4.79 Å². The largest absolute Gasteiger partial charge is 0.488 e. The van der Waals surface area contributed by atoms with Gasteiger partial charge in [-0.05, 0) is 40.6 Å². The molecule has 1 N–H and O–H groups in total. The van der Waals surface area contributed by atoms with E-state index in [4.69, 9.17) is 14.4 Å². The van der Waals surface area contributed by atoms with Crippen LogP contribution in [0.2, 0.25) is 0 Å². The number of ether oxygens (including phenoxy) is 1. The molecule has 0 aliphatic heterocycles. The number of hydrogen-bond donors (Lipinski definition) is 1. The average molecular weight is 338 g/mol. The van der Waals surface area contributed by atoms with Crippen LogP contribution in [0.25, 0.3) is 11.3 Å². The minimum atomic E-state index is -1.13. The number of aromatic nitrogens is 1. The first-order valence-corrected chi connectivity index (χ1v) is 6.54. The standard InChI is InChI=1S/C14H12BrNO4/c1-8(2)7-19-11-5-3-4-9(13(11)15)12-6-10(14(17)18)16-20-12/h3-6H,1,7H2,2H3,(H,17,18). The summed E-state index contributed by atoms with van der Waals surface area (Å²) < 4.78 is 11.3. The summed E-state index contributed by atoms with van der Waals surface area (Å²) in [6, 6.07) is 6.73. The van der Waals surface area contributed by atoms with Gasteiger partial charge in [-0.15, -0.1) is 0 Å². The van der Waals surface area contributed by atoms with Crippen molar-refractivity contribution in [1.29, 1.82) is 0 Å². The van der Waals surface area contributed by atoms with Crippen molar-refractivity contribution in [3.05, 3.63) is 46.6 Å². The Morgan fingerprint density at radius 2 is 2.30 bits per heavy atom. The SMILES string of the molecule is C=C(C)COc1cccc(-c2cc(C(=O)O)no2)c1Br. The molecule has 20 heavy (non-hydrogen) atoms. The average Bonchev–Trinajstić information content (AvgIpc) is 2.87. The monoisotopic (exact) mass is 337 g/mol. The molecule has 0 amide bonds. The molecular formula is C14H12BrNO4. The van der Waals surface area contributed by atoms with E-state index in [1.807, 2.05) is 6.92 Å². The summed E-state index contributed by atoms with van der Waals surface area (Å²) >= 11 is 3.42. The van der Waals surface area contributed by atoms with Gasteiger partial charge in [0.05, 0.1) is 4.47 Å². The molecule has 0 atom stereocenters. The van der Waals surface area contributed by atoms with Gasteiger partial charge >= 0.3 is 5.97 Å². The molecule has 0 aliphatic carbocycles. The molecule has 5 nitrogen and oxygen atoms in total. The Kier molecular flexibility index (Phi) is 4.24. The van der Waals surface area contributed by atoms with Gasteiger partial charge in [-0.3, -0.25) is 0 Å². The summed E-state index contributed by atoms with van der Waals surface area (Å²) in [4.78, 5) is 10.8. The van der Waals surface area contributed by atoms with Crippen molar-refractivity contribution in [2.24, 2.45) is 0 Å². The van der Waals surface area contributed by atoms with Gasteiger partial charge in [0.25, 0.3) is 0 Å². The molecule has 0 radical (unpaired) electrons. The summed E-state index contributed by atoms with van der Waals surface area (Å²) in [6.07, 6.45) is 0. The molecule has 1 aromatic carbocycles. The number of rotatable bonds is 5. The lowest BCUT2D eigenvalue weighted by Gasteiger charge is -2.09. The lowest BCUT2D eigenvalue weighted by Crippen LogP contribution is -1.98. The van der Waals surface area contributed by atoms with Crippen molar-refractivity contribution in [2.45, 2.75) is 6.92 Å². The van der Waals surface area contributed by atoms with Crippen LogP contribution in [0.1, 0.15) is 17.4 Å². The highest BCUT2D eigenvalue weighted by Gasteiger charge is 2.16. The zero-order valence-electron chi connectivity index (χ0n) is 10.7. The van der Waals surface area contributed by atoms with Gasteiger partial charge in [0, 0.05) is 11.6 Å². The van der Waals surface area contributed by atoms with Crippen LogP contribution in [-0.2, 0) is 0 Å². The topological polar surface area (TPSA) is 72.6 Å². The Labute approximate surface area is 124 Å². The molecule has 1 heterocycles. The summed E-state index contributed by atoms with van der Waals surface area (Å²) in [5.74, 6) is -0.153. The summed E-state index contributed by atoms with van der Waals surface area (Å²) in [5, 5.41) is 12.3. The second-order valence-electron chi connectivity index (χ2n) is 4.25. The lowest BCUT2D eigenvalue weighted by molar-refractivity contribution is 0.0686. The van der Waals surface area contributed by atoms with Gasteiger partial charge in [-0.1, -0.05) is 17.8 Å². The zero-order valence-corrected chi connectivity index (χ0v) is 12.3. The smallest absolute Gasteiger partial charge is 0.358 e. The molecule has 2 rings (SSSR count). The van der Waals surface area contributed by atoms with Gasteiger partial charge in [0.1, 0.15) is 12.4 Å². The molecule has 0 fully saturated rings. The molecule has 0 unspecified atom stereocenters. The number of benzene rings is 1. The Balaban J connectivity index is 2.34. The van der Waals surface area contributed by atoms with E-state index in [1.165, 1.54) is 6.07 Å². The molecule has 0 bridgehead atoms. The molecule has 0 saturated carbocycles. The third-order valence-electron chi connectivity index (χ3n) is 2.43. The van der Waals surface area contributed by atoms with Crippen LogP contribution in [0.15, 0.2) is 45.4 Å². The van der Waals surface area contributed by atoms with Gasteiger partial charge in [0.2, 0.25) is 0 Å². The van der Waals surface area contributed by atoms with Crippen molar-refractivity contribution >= 4 is 21.9 Å². The van der Waals surface area contributed by atoms with Crippen molar-refractivity contribution in [2.75, 3.05) is 6.61 Å². The number of hydrogen-bond acceptors (Lipinski definition) is 4. The summed E-state index contributed by atoms with van der Waals surface area (Å²) in [7, 11) is 0. The molecule has 0 aliphatic rings. The molecule has 6 heteroatoms. The predicted octanol–water partition coefficient (Wildman–Crippen LogP) is 3.76. The van der Waals surface area contributed by atoms with E-state index in [-0.39, 0.29) is 5.69 Å². The van der Waals surface area contributed by atoms with Crippen LogP contribution in [0, 0.1) is 0 Å². The highest BCUT2D eigenvalue weighted by Crippen LogP contribution is 2.36. The maximum absolute atomic E-state index is 10.8. The first-order valence-electron chi connectivity index (χ1n) is 5.75. The number of carboxylic acids is 1. The number of carbonyl (C=O) groups is 1. The Morgan fingerprint density at radius 3 is 2.90 bits per heavy atom. The highest BCUT2D eigenvalue weighted by molar-refractivity contribution is 9.10. The Morgan fingerprint density at radius 1 is 1.55 bits per heavy atom. The van der Waals surface area contributed by atoms with E-state index in [0.29, 0.717) is 28.2 Å². The van der Waals surface area contributed by atoms with Crippen LogP contribution in [0.3, 0.4) is 0 Å². The number of carboxylic acid groups (broad SMARTS) is 1. The predicted molar refractivity (Wildman–Crippen MR) is 76.9 cm³/mol. The van der Waals surface area contributed by atoms with Crippen LogP contribution >= 0.6 is 15.9 Å². The molecule has 0 saturated heterocycles. The Hall–Kier alpha value is -2.08. The molecule has 2 aromatic rings. The van der Waals surface area contributed by atoms with Crippen molar-refractivity contribution < 1.29 is 19.2 Å². The first-order chi connectivity index (χ1) is 9.49. The fourth-order valence-electron chi connectivity index (χ4n) is 1.52. The van der Waals surface area contributed by atoms with Crippen LogP contribution in [0.4, 0.5) is 0 Å². The third-order valence-corrected chi connectivity index (χ3v) is 3.25. The maximum Gasteiger partial charge on any atom is 0.358 e. The number of nitrogens with zero attached hydrogens (tertiary/aromatic N) is 1. The van der Waals surface area contributed by atoms with Crippen LogP contribution in [0.5, 0.6) is 5.75 Å². The number of halogens is 1. The van der Waals surface area contributed by atoms with Crippen LogP contribution < -0.4 is 4.74 Å². The van der Waals surface area contributed by atoms with Gasteiger partial charge in [-0.25, -0.2) is 4.79 Å². The third kappa shape index (κ3) is 3.08. The van der Waals surface area contributed by atoms with Crippen molar-refractivity contribution in [1.82, 2.24) is 5.16 Å². The normalized spacial score (nSPS) is 10.3. The zero-order chi connectivity index (χ0) is 14.7. The van der Waals surface area contributed by atoms with Crippen molar-refractivity contribution in [3.8, 4) is 17.1 Å². The quantitative estimate of drug-likeness (QED) is 0.841. The first kappa shape index (κ1) is 14.3. The Bertz CT molecular complexity index is 663. The molecule has 1 aromatic heterocycles. The molecular weight excluding hydrogens is 326 g/mol. The number of aromatic carboxylic acids is 1. The molecule has 104 valence electrons. The second-order valence-corrected chi connectivity index (χ2v) is 5.04. The highest BCUT2D eigenvalue weighted by atomic mass is 79.9. The van der Waals surface area contributed by atoms with E-state index in [1.54, 1.807) is 18.2 Å². The summed E-state index contributed by atoms with van der Waals surface area (Å²) in [6.45, 7) is 6.04. The van der Waals surface area contributed by atoms with E-state index in [0.717, 1.165) is 5.57 Å².